The maximum absolute atomic E-state index is 12.0. The summed E-state index contributed by atoms with van der Waals surface area (Å²) in [4.78, 5) is 16.3. The van der Waals surface area contributed by atoms with E-state index >= 15 is 0 Å². The number of rotatable bonds is 3. The SMILES string of the molecule is Cc1nc(CNC(=O)C2COc3ccccc3O2)cs1. The third-order valence-electron chi connectivity index (χ3n) is 2.91. The van der Waals surface area contributed by atoms with Crippen LogP contribution in [0.3, 0.4) is 0 Å². The van der Waals surface area contributed by atoms with Crippen LogP contribution in [0.4, 0.5) is 0 Å². The minimum Gasteiger partial charge on any atom is -0.485 e. The van der Waals surface area contributed by atoms with E-state index in [1.165, 1.54) is 0 Å². The van der Waals surface area contributed by atoms with Crippen molar-refractivity contribution >= 4 is 17.2 Å². The Morgan fingerprint density at radius 1 is 1.45 bits per heavy atom. The summed E-state index contributed by atoms with van der Waals surface area (Å²) in [5.41, 5.74) is 0.859. The molecule has 0 saturated heterocycles. The molecule has 0 aliphatic carbocycles. The Labute approximate surface area is 120 Å². The van der Waals surface area contributed by atoms with E-state index in [9.17, 15) is 4.79 Å². The molecule has 104 valence electrons. The lowest BCUT2D eigenvalue weighted by Crippen LogP contribution is -2.43. The van der Waals surface area contributed by atoms with Crippen molar-refractivity contribution in [1.82, 2.24) is 10.3 Å². The molecule has 0 bridgehead atoms. The van der Waals surface area contributed by atoms with Crippen molar-refractivity contribution in [1.29, 1.82) is 0 Å². The number of aryl methyl sites for hydroxylation is 1. The van der Waals surface area contributed by atoms with Gasteiger partial charge in [0.15, 0.2) is 11.5 Å². The first kappa shape index (κ1) is 12.9. The lowest BCUT2D eigenvalue weighted by molar-refractivity contribution is -0.130. The molecule has 1 aliphatic heterocycles. The molecule has 1 atom stereocenters. The molecule has 3 rings (SSSR count). The molecule has 1 unspecified atom stereocenters. The largest absolute Gasteiger partial charge is 0.485 e. The molecule has 6 heteroatoms. The Hall–Kier alpha value is -2.08. The second-order valence-electron chi connectivity index (χ2n) is 4.44. The second kappa shape index (κ2) is 5.50. The van der Waals surface area contributed by atoms with Gasteiger partial charge in [0.2, 0.25) is 6.10 Å². The summed E-state index contributed by atoms with van der Waals surface area (Å²) < 4.78 is 11.1. The molecule has 0 saturated carbocycles. The Kier molecular flexibility index (Phi) is 3.56. The number of hydrogen-bond donors (Lipinski definition) is 1. The summed E-state index contributed by atoms with van der Waals surface area (Å²) in [5.74, 6) is 1.08. The van der Waals surface area contributed by atoms with Crippen LogP contribution in [0, 0.1) is 6.92 Å². The lowest BCUT2D eigenvalue weighted by Gasteiger charge is -2.25. The molecule has 2 heterocycles. The van der Waals surface area contributed by atoms with Crippen molar-refractivity contribution in [3.05, 3.63) is 40.3 Å². The summed E-state index contributed by atoms with van der Waals surface area (Å²) in [6.45, 7) is 2.56. The smallest absolute Gasteiger partial charge is 0.265 e. The van der Waals surface area contributed by atoms with E-state index in [0.717, 1.165) is 10.7 Å². The van der Waals surface area contributed by atoms with Gasteiger partial charge >= 0.3 is 0 Å². The first-order valence-electron chi connectivity index (χ1n) is 6.29. The van der Waals surface area contributed by atoms with Gasteiger partial charge in [0.25, 0.3) is 5.91 Å². The van der Waals surface area contributed by atoms with Gasteiger partial charge < -0.3 is 14.8 Å². The number of para-hydroxylation sites is 2. The molecule has 5 nitrogen and oxygen atoms in total. The fraction of sp³-hybridized carbons (Fsp3) is 0.286. The standard InChI is InChI=1S/C14H14N2O3S/c1-9-16-10(8-20-9)6-15-14(17)13-7-18-11-4-2-3-5-12(11)19-13/h2-5,8,13H,6-7H2,1H3,(H,15,17). The molecule has 1 amide bonds. The van der Waals surface area contributed by atoms with Gasteiger partial charge in [-0.1, -0.05) is 12.1 Å². The minimum absolute atomic E-state index is 0.190. The molecule has 0 spiro atoms. The number of carbonyl (C=O) groups excluding carboxylic acids is 1. The van der Waals surface area contributed by atoms with E-state index < -0.39 is 6.10 Å². The van der Waals surface area contributed by atoms with Crippen LogP contribution in [0.25, 0.3) is 0 Å². The van der Waals surface area contributed by atoms with E-state index in [0.29, 0.717) is 18.0 Å². The summed E-state index contributed by atoms with van der Waals surface area (Å²) in [6, 6.07) is 7.33. The molecule has 1 aromatic carbocycles. The number of nitrogens with zero attached hydrogens (tertiary/aromatic N) is 1. The van der Waals surface area contributed by atoms with Crippen LogP contribution in [0.2, 0.25) is 0 Å². The van der Waals surface area contributed by atoms with Gasteiger partial charge in [-0.3, -0.25) is 4.79 Å². The highest BCUT2D eigenvalue weighted by Gasteiger charge is 2.26. The van der Waals surface area contributed by atoms with Crippen LogP contribution in [-0.2, 0) is 11.3 Å². The predicted octanol–water partition coefficient (Wildman–Crippen LogP) is 1.91. The number of ether oxygens (including phenoxy) is 2. The quantitative estimate of drug-likeness (QED) is 0.938. The molecule has 1 aliphatic rings. The van der Waals surface area contributed by atoms with E-state index in [2.05, 4.69) is 10.3 Å². The third kappa shape index (κ3) is 2.75. The van der Waals surface area contributed by atoms with E-state index in [-0.39, 0.29) is 12.5 Å². The second-order valence-corrected chi connectivity index (χ2v) is 5.50. The maximum atomic E-state index is 12.0. The van der Waals surface area contributed by atoms with Crippen molar-refractivity contribution in [3.8, 4) is 11.5 Å². The van der Waals surface area contributed by atoms with Gasteiger partial charge in [0, 0.05) is 5.38 Å². The Morgan fingerprint density at radius 2 is 2.25 bits per heavy atom. The number of nitrogens with one attached hydrogen (secondary N) is 1. The van der Waals surface area contributed by atoms with Gasteiger partial charge in [-0.2, -0.15) is 0 Å². The number of fused-ring (bicyclic) bond motifs is 1. The van der Waals surface area contributed by atoms with Gasteiger partial charge in [-0.15, -0.1) is 11.3 Å². The van der Waals surface area contributed by atoms with Crippen LogP contribution in [0.5, 0.6) is 11.5 Å². The molecule has 2 aromatic rings. The number of carbonyl (C=O) groups is 1. The highest BCUT2D eigenvalue weighted by atomic mass is 32.1. The van der Waals surface area contributed by atoms with E-state index in [1.54, 1.807) is 17.4 Å². The zero-order valence-corrected chi connectivity index (χ0v) is 11.8. The number of benzene rings is 1. The predicted molar refractivity (Wildman–Crippen MR) is 75.1 cm³/mol. The van der Waals surface area contributed by atoms with Crippen molar-refractivity contribution in [2.75, 3.05) is 6.61 Å². The molecule has 0 radical (unpaired) electrons. The number of amides is 1. The van der Waals surface area contributed by atoms with Gasteiger partial charge in [0.05, 0.1) is 17.2 Å². The molecular weight excluding hydrogens is 276 g/mol. The number of hydrogen-bond acceptors (Lipinski definition) is 5. The first-order chi connectivity index (χ1) is 9.72. The number of aromatic nitrogens is 1. The van der Waals surface area contributed by atoms with Crippen molar-refractivity contribution < 1.29 is 14.3 Å². The normalized spacial score (nSPS) is 16.8. The van der Waals surface area contributed by atoms with Crippen LogP contribution in [-0.4, -0.2) is 23.6 Å². The van der Waals surface area contributed by atoms with Crippen LogP contribution < -0.4 is 14.8 Å². The average molecular weight is 290 g/mol. The molecule has 20 heavy (non-hydrogen) atoms. The third-order valence-corrected chi connectivity index (χ3v) is 3.73. The summed E-state index contributed by atoms with van der Waals surface area (Å²) in [6.07, 6.45) is -0.621. The van der Waals surface area contributed by atoms with Gasteiger partial charge in [-0.25, -0.2) is 4.98 Å². The summed E-state index contributed by atoms with van der Waals surface area (Å²) in [7, 11) is 0. The Balaban J connectivity index is 1.59. The van der Waals surface area contributed by atoms with Crippen LogP contribution in [0.15, 0.2) is 29.6 Å². The Bertz CT molecular complexity index is 626. The topological polar surface area (TPSA) is 60.5 Å². The summed E-state index contributed by atoms with van der Waals surface area (Å²) in [5, 5.41) is 5.73. The first-order valence-corrected chi connectivity index (χ1v) is 7.17. The van der Waals surface area contributed by atoms with E-state index in [4.69, 9.17) is 9.47 Å². The maximum Gasteiger partial charge on any atom is 0.265 e. The van der Waals surface area contributed by atoms with Gasteiger partial charge in [0.1, 0.15) is 6.61 Å². The van der Waals surface area contributed by atoms with Crippen LogP contribution in [0.1, 0.15) is 10.7 Å². The number of thiazole rings is 1. The minimum atomic E-state index is -0.621. The highest BCUT2D eigenvalue weighted by Crippen LogP contribution is 2.30. The zero-order chi connectivity index (χ0) is 13.9. The van der Waals surface area contributed by atoms with Gasteiger partial charge in [-0.05, 0) is 19.1 Å². The highest BCUT2D eigenvalue weighted by molar-refractivity contribution is 7.09. The monoisotopic (exact) mass is 290 g/mol. The summed E-state index contributed by atoms with van der Waals surface area (Å²) >= 11 is 1.56. The average Bonchev–Trinajstić information content (AvgIpc) is 2.90. The van der Waals surface area contributed by atoms with E-state index in [1.807, 2.05) is 30.5 Å². The molecule has 1 N–H and O–H groups in total. The molecule has 0 fully saturated rings. The Morgan fingerprint density at radius 3 is 3.00 bits per heavy atom. The van der Waals surface area contributed by atoms with Crippen molar-refractivity contribution in [3.63, 3.8) is 0 Å². The van der Waals surface area contributed by atoms with Crippen molar-refractivity contribution in [2.24, 2.45) is 0 Å². The van der Waals surface area contributed by atoms with Crippen LogP contribution >= 0.6 is 11.3 Å². The van der Waals surface area contributed by atoms with Crippen molar-refractivity contribution in [2.45, 2.75) is 19.6 Å². The lowest BCUT2D eigenvalue weighted by atomic mass is 10.2. The molecular formula is C14H14N2O3S. The fourth-order valence-corrected chi connectivity index (χ4v) is 2.54. The fourth-order valence-electron chi connectivity index (χ4n) is 1.93. The molecule has 1 aromatic heterocycles. The zero-order valence-electron chi connectivity index (χ0n) is 11.0.